The molecule has 0 aromatic carbocycles. The first kappa shape index (κ1) is 19.7. The molecular weight excluding hydrogens is 368 g/mol. The summed E-state index contributed by atoms with van der Waals surface area (Å²) >= 11 is 0. The molecule has 3 atom stereocenters. The highest BCUT2D eigenvalue weighted by molar-refractivity contribution is 5.84. The summed E-state index contributed by atoms with van der Waals surface area (Å²) in [7, 11) is 0. The maximum absolute atomic E-state index is 13.0. The molecule has 4 rings (SSSR count). The van der Waals surface area contributed by atoms with Crippen LogP contribution < -0.4 is 5.32 Å². The van der Waals surface area contributed by atoms with Gasteiger partial charge in [0.1, 0.15) is 11.2 Å². The number of nitrogens with one attached hydrogen (secondary N) is 1. The van der Waals surface area contributed by atoms with Gasteiger partial charge in [-0.15, -0.1) is 0 Å². The van der Waals surface area contributed by atoms with E-state index in [1.165, 1.54) is 0 Å². The van der Waals surface area contributed by atoms with Crippen molar-refractivity contribution >= 4 is 17.6 Å². The van der Waals surface area contributed by atoms with Crippen molar-refractivity contribution in [1.82, 2.24) is 19.6 Å². The summed E-state index contributed by atoms with van der Waals surface area (Å²) in [5, 5.41) is 3.22. The molecule has 1 saturated heterocycles. The van der Waals surface area contributed by atoms with Gasteiger partial charge in [0.15, 0.2) is 0 Å². The monoisotopic (exact) mass is 398 g/mol. The van der Waals surface area contributed by atoms with Gasteiger partial charge in [-0.05, 0) is 59.4 Å². The highest BCUT2D eigenvalue weighted by atomic mass is 16.6. The zero-order chi connectivity index (χ0) is 21.1. The molecule has 156 valence electrons. The van der Waals surface area contributed by atoms with E-state index in [1.807, 2.05) is 64.3 Å². The van der Waals surface area contributed by atoms with E-state index < -0.39 is 11.1 Å². The minimum absolute atomic E-state index is 0.0332. The van der Waals surface area contributed by atoms with Crippen molar-refractivity contribution in [2.24, 2.45) is 17.8 Å². The Kier molecular flexibility index (Phi) is 4.40. The van der Waals surface area contributed by atoms with Gasteiger partial charge < -0.3 is 19.4 Å². The van der Waals surface area contributed by atoms with Crippen LogP contribution in [0, 0.1) is 24.7 Å². The molecule has 0 unspecified atom stereocenters. The minimum Gasteiger partial charge on any atom is -0.444 e. The fourth-order valence-electron chi connectivity index (χ4n) is 4.48. The number of carbonyl (C=O) groups is 2. The SMILES string of the molecule is Cc1ccc(C(C)(C)NC(=O)[C@H]2[C@@H]3CN(C(=O)OC(C)(C)C)C[C@@H]32)c2nccn12. The average Bonchev–Trinajstić information content (AvgIpc) is 2.98. The van der Waals surface area contributed by atoms with Gasteiger partial charge in [-0.2, -0.15) is 0 Å². The molecule has 1 aliphatic carbocycles. The number of aromatic nitrogens is 2. The lowest BCUT2D eigenvalue weighted by Gasteiger charge is -2.29. The summed E-state index contributed by atoms with van der Waals surface area (Å²) in [4.78, 5) is 31.4. The van der Waals surface area contributed by atoms with Gasteiger partial charge in [0, 0.05) is 42.7 Å². The minimum atomic E-state index is -0.543. The van der Waals surface area contributed by atoms with E-state index in [2.05, 4.69) is 10.3 Å². The van der Waals surface area contributed by atoms with E-state index in [-0.39, 0.29) is 29.8 Å². The Morgan fingerprint density at radius 2 is 1.79 bits per heavy atom. The second-order valence-electron chi connectivity index (χ2n) is 9.86. The number of ether oxygens (including phenoxy) is 1. The highest BCUT2D eigenvalue weighted by Gasteiger charge is 2.61. The second kappa shape index (κ2) is 6.47. The van der Waals surface area contributed by atoms with E-state index in [1.54, 1.807) is 11.1 Å². The molecule has 7 nitrogen and oxygen atoms in total. The van der Waals surface area contributed by atoms with Crippen LogP contribution in [-0.4, -0.2) is 45.0 Å². The van der Waals surface area contributed by atoms with Crippen molar-refractivity contribution in [1.29, 1.82) is 0 Å². The Balaban J connectivity index is 1.41. The zero-order valence-corrected chi connectivity index (χ0v) is 18.0. The van der Waals surface area contributed by atoms with Crippen LogP contribution in [0.1, 0.15) is 45.9 Å². The Labute approximate surface area is 171 Å². The van der Waals surface area contributed by atoms with Crippen LogP contribution in [0.5, 0.6) is 0 Å². The molecule has 2 fully saturated rings. The molecule has 1 N–H and O–H groups in total. The molecule has 3 heterocycles. The molecule has 0 spiro atoms. The van der Waals surface area contributed by atoms with Crippen molar-refractivity contribution in [2.75, 3.05) is 13.1 Å². The quantitative estimate of drug-likeness (QED) is 0.862. The molecule has 2 aliphatic rings. The first-order chi connectivity index (χ1) is 13.5. The van der Waals surface area contributed by atoms with Crippen LogP contribution >= 0.6 is 0 Å². The molecule has 1 saturated carbocycles. The number of nitrogens with zero attached hydrogens (tertiary/aromatic N) is 3. The van der Waals surface area contributed by atoms with Gasteiger partial charge in [-0.1, -0.05) is 6.07 Å². The molecular formula is C22H30N4O3. The molecule has 7 heteroatoms. The van der Waals surface area contributed by atoms with Crippen LogP contribution in [0.3, 0.4) is 0 Å². The van der Waals surface area contributed by atoms with Gasteiger partial charge in [-0.3, -0.25) is 4.79 Å². The maximum atomic E-state index is 13.0. The topological polar surface area (TPSA) is 75.9 Å². The van der Waals surface area contributed by atoms with E-state index in [0.717, 1.165) is 16.9 Å². The summed E-state index contributed by atoms with van der Waals surface area (Å²) in [6, 6.07) is 4.08. The van der Waals surface area contributed by atoms with Crippen LogP contribution in [0.15, 0.2) is 24.5 Å². The number of hydrogen-bond donors (Lipinski definition) is 1. The normalized spacial score (nSPS) is 23.8. The van der Waals surface area contributed by atoms with E-state index in [9.17, 15) is 9.59 Å². The number of fused-ring (bicyclic) bond motifs is 2. The number of rotatable bonds is 3. The molecule has 1 aliphatic heterocycles. The molecule has 0 bridgehead atoms. The number of pyridine rings is 1. The average molecular weight is 399 g/mol. The van der Waals surface area contributed by atoms with Crippen LogP contribution in [0.2, 0.25) is 0 Å². The number of aryl methyl sites for hydroxylation is 1. The fourth-order valence-corrected chi connectivity index (χ4v) is 4.48. The lowest BCUT2D eigenvalue weighted by atomic mass is 9.94. The Hall–Kier alpha value is -2.57. The summed E-state index contributed by atoms with van der Waals surface area (Å²) in [5.74, 6) is 0.471. The summed E-state index contributed by atoms with van der Waals surface area (Å²) < 4.78 is 7.48. The van der Waals surface area contributed by atoms with E-state index in [0.29, 0.717) is 13.1 Å². The van der Waals surface area contributed by atoms with Gasteiger partial charge in [0.2, 0.25) is 5.91 Å². The van der Waals surface area contributed by atoms with Gasteiger partial charge in [0.05, 0.1) is 5.54 Å². The molecule has 0 radical (unpaired) electrons. The van der Waals surface area contributed by atoms with Crippen LogP contribution in [0.4, 0.5) is 4.79 Å². The van der Waals surface area contributed by atoms with Crippen molar-refractivity contribution in [3.05, 3.63) is 35.8 Å². The Bertz CT molecular complexity index is 960. The molecule has 2 amide bonds. The molecule has 29 heavy (non-hydrogen) atoms. The van der Waals surface area contributed by atoms with E-state index in [4.69, 9.17) is 4.74 Å². The van der Waals surface area contributed by atoms with Gasteiger partial charge in [0.25, 0.3) is 0 Å². The lowest BCUT2D eigenvalue weighted by molar-refractivity contribution is -0.125. The fraction of sp³-hybridized carbons (Fsp3) is 0.591. The summed E-state index contributed by atoms with van der Waals surface area (Å²) in [6.07, 6.45) is 3.42. The number of hydrogen-bond acceptors (Lipinski definition) is 4. The van der Waals surface area contributed by atoms with Gasteiger partial charge >= 0.3 is 6.09 Å². The first-order valence-corrected chi connectivity index (χ1v) is 10.2. The third kappa shape index (κ3) is 3.58. The maximum Gasteiger partial charge on any atom is 0.410 e. The third-order valence-electron chi connectivity index (χ3n) is 6.01. The smallest absolute Gasteiger partial charge is 0.410 e. The third-order valence-corrected chi connectivity index (χ3v) is 6.01. The Morgan fingerprint density at radius 3 is 2.41 bits per heavy atom. The van der Waals surface area contributed by atoms with Crippen LogP contribution in [0.25, 0.3) is 5.65 Å². The second-order valence-corrected chi connectivity index (χ2v) is 9.86. The largest absolute Gasteiger partial charge is 0.444 e. The lowest BCUT2D eigenvalue weighted by Crippen LogP contribution is -2.44. The Morgan fingerprint density at radius 1 is 1.14 bits per heavy atom. The van der Waals surface area contributed by atoms with Crippen molar-refractivity contribution in [2.45, 2.75) is 52.7 Å². The summed E-state index contributed by atoms with van der Waals surface area (Å²) in [6.45, 7) is 12.8. The first-order valence-electron chi connectivity index (χ1n) is 10.2. The standard InChI is InChI=1S/C22H30N4O3/c1-13-7-8-16(18-23-9-10-26(13)18)22(5,6)24-19(27)17-14-11-25(12-15(14)17)20(28)29-21(2,3)4/h7-10,14-15,17H,11-12H2,1-6H3,(H,24,27)/t14-,15+,17+. The number of piperidine rings is 1. The zero-order valence-electron chi connectivity index (χ0n) is 18.0. The number of imidazole rings is 1. The summed E-state index contributed by atoms with van der Waals surface area (Å²) in [5.41, 5.74) is 1.91. The number of likely N-dealkylation sites (tertiary alicyclic amines) is 1. The highest BCUT2D eigenvalue weighted by Crippen LogP contribution is 2.52. The van der Waals surface area contributed by atoms with E-state index >= 15 is 0 Å². The van der Waals surface area contributed by atoms with Crippen molar-refractivity contribution in [3.63, 3.8) is 0 Å². The predicted octanol–water partition coefficient (Wildman–Crippen LogP) is 3.11. The molecule has 2 aromatic heterocycles. The van der Waals surface area contributed by atoms with Crippen molar-refractivity contribution in [3.8, 4) is 0 Å². The predicted molar refractivity (Wildman–Crippen MR) is 109 cm³/mol. The number of carbonyl (C=O) groups excluding carboxylic acids is 2. The molecule has 2 aromatic rings. The van der Waals surface area contributed by atoms with Crippen LogP contribution in [-0.2, 0) is 15.1 Å². The van der Waals surface area contributed by atoms with Crippen molar-refractivity contribution < 1.29 is 14.3 Å². The number of amides is 2. The van der Waals surface area contributed by atoms with Gasteiger partial charge in [-0.25, -0.2) is 9.78 Å².